The average Bonchev–Trinajstić information content (AvgIpc) is 3.27. The minimum atomic E-state index is 0.196. The van der Waals surface area contributed by atoms with Crippen molar-refractivity contribution < 1.29 is 13.9 Å². The van der Waals surface area contributed by atoms with Crippen molar-refractivity contribution in [3.63, 3.8) is 0 Å². The molecule has 2 aromatic heterocycles. The first kappa shape index (κ1) is 15.7. The third-order valence-electron chi connectivity index (χ3n) is 5.23. The summed E-state index contributed by atoms with van der Waals surface area (Å²) >= 11 is 0. The van der Waals surface area contributed by atoms with Crippen LogP contribution < -0.4 is 4.74 Å². The third-order valence-corrected chi connectivity index (χ3v) is 5.23. The molecule has 0 amide bonds. The lowest BCUT2D eigenvalue weighted by Crippen LogP contribution is -2.40. The van der Waals surface area contributed by atoms with Gasteiger partial charge in [0.15, 0.2) is 0 Å². The summed E-state index contributed by atoms with van der Waals surface area (Å²) in [4.78, 5) is 6.55. The maximum atomic E-state index is 6.03. The number of hydrogen-bond acceptors (Lipinski definition) is 5. The molecule has 2 aliphatic rings. The van der Waals surface area contributed by atoms with E-state index in [0.717, 1.165) is 44.2 Å². The first-order valence-electron chi connectivity index (χ1n) is 8.71. The van der Waals surface area contributed by atoms with Gasteiger partial charge in [-0.25, -0.2) is 0 Å². The van der Waals surface area contributed by atoms with Crippen molar-refractivity contribution >= 4 is 0 Å². The van der Waals surface area contributed by atoms with Gasteiger partial charge in [0.1, 0.15) is 18.1 Å². The molecule has 128 valence electrons. The van der Waals surface area contributed by atoms with Crippen molar-refractivity contribution in [3.05, 3.63) is 48.7 Å². The molecule has 0 bridgehead atoms. The Bertz CT molecular complexity index is 621. The number of aromatic nitrogens is 1. The smallest absolute Gasteiger partial charge is 0.137 e. The van der Waals surface area contributed by atoms with Crippen molar-refractivity contribution in [3.8, 4) is 5.75 Å². The number of likely N-dealkylation sites (tertiary alicyclic amines) is 1. The van der Waals surface area contributed by atoms with E-state index in [1.54, 1.807) is 18.7 Å². The highest BCUT2D eigenvalue weighted by Crippen LogP contribution is 2.42. The zero-order chi connectivity index (χ0) is 16.2. The Labute approximate surface area is 142 Å². The third kappa shape index (κ3) is 3.62. The topological polar surface area (TPSA) is 47.7 Å². The minimum absolute atomic E-state index is 0.196. The Morgan fingerprint density at radius 3 is 2.92 bits per heavy atom. The molecule has 1 unspecified atom stereocenters. The van der Waals surface area contributed by atoms with Crippen LogP contribution in [0, 0.1) is 5.41 Å². The molecule has 4 rings (SSSR count). The van der Waals surface area contributed by atoms with E-state index < -0.39 is 0 Å². The SMILES string of the molecule is c1cncc(OCC2CC3(CCN(Cc4ccco4)CC3)CO2)c1. The molecule has 2 aliphatic heterocycles. The molecule has 4 heterocycles. The number of furan rings is 1. The van der Waals surface area contributed by atoms with Crippen LogP contribution in [0.25, 0.3) is 0 Å². The predicted octanol–water partition coefficient (Wildman–Crippen LogP) is 3.12. The maximum Gasteiger partial charge on any atom is 0.137 e. The van der Waals surface area contributed by atoms with Gasteiger partial charge in [-0.3, -0.25) is 9.88 Å². The zero-order valence-corrected chi connectivity index (χ0v) is 13.9. The molecular weight excluding hydrogens is 304 g/mol. The molecule has 1 spiro atoms. The molecule has 0 radical (unpaired) electrons. The Hall–Kier alpha value is -1.85. The fourth-order valence-corrected chi connectivity index (χ4v) is 3.78. The molecule has 0 saturated carbocycles. The highest BCUT2D eigenvalue weighted by atomic mass is 16.5. The van der Waals surface area contributed by atoms with Gasteiger partial charge in [-0.2, -0.15) is 0 Å². The second-order valence-electron chi connectivity index (χ2n) is 6.99. The number of pyridine rings is 1. The van der Waals surface area contributed by atoms with Gasteiger partial charge < -0.3 is 13.9 Å². The van der Waals surface area contributed by atoms with Gasteiger partial charge in [0.05, 0.1) is 31.7 Å². The molecular formula is C19H24N2O3. The molecule has 0 N–H and O–H groups in total. The van der Waals surface area contributed by atoms with Crippen LogP contribution in [-0.4, -0.2) is 42.3 Å². The van der Waals surface area contributed by atoms with Crippen LogP contribution in [0.2, 0.25) is 0 Å². The summed E-state index contributed by atoms with van der Waals surface area (Å²) < 4.78 is 17.3. The first-order chi connectivity index (χ1) is 11.8. The lowest BCUT2D eigenvalue weighted by Gasteiger charge is -2.38. The van der Waals surface area contributed by atoms with Crippen LogP contribution in [-0.2, 0) is 11.3 Å². The molecule has 2 aromatic rings. The Morgan fingerprint density at radius 2 is 2.17 bits per heavy atom. The highest BCUT2D eigenvalue weighted by molar-refractivity contribution is 5.15. The van der Waals surface area contributed by atoms with E-state index in [1.807, 2.05) is 18.2 Å². The van der Waals surface area contributed by atoms with E-state index in [9.17, 15) is 0 Å². The van der Waals surface area contributed by atoms with Crippen LogP contribution >= 0.6 is 0 Å². The van der Waals surface area contributed by atoms with Gasteiger partial charge in [0.25, 0.3) is 0 Å². The van der Waals surface area contributed by atoms with E-state index in [4.69, 9.17) is 13.9 Å². The summed E-state index contributed by atoms with van der Waals surface area (Å²) in [5, 5.41) is 0. The molecule has 5 heteroatoms. The second-order valence-corrected chi connectivity index (χ2v) is 6.99. The number of piperidine rings is 1. The molecule has 2 fully saturated rings. The van der Waals surface area contributed by atoms with Gasteiger partial charge in [-0.05, 0) is 62.0 Å². The normalized spacial score (nSPS) is 23.6. The highest BCUT2D eigenvalue weighted by Gasteiger charge is 2.42. The maximum absolute atomic E-state index is 6.03. The van der Waals surface area contributed by atoms with Crippen molar-refractivity contribution in [2.75, 3.05) is 26.3 Å². The summed E-state index contributed by atoms with van der Waals surface area (Å²) in [6.07, 6.45) is 8.93. The van der Waals surface area contributed by atoms with Gasteiger partial charge in [0.2, 0.25) is 0 Å². The van der Waals surface area contributed by atoms with Crippen LogP contribution in [0.4, 0.5) is 0 Å². The standard InChI is InChI=1S/C19H24N2O3/c1-3-16(12-20-7-1)23-14-18-11-19(15-24-18)5-8-21(9-6-19)13-17-4-2-10-22-17/h1-4,7,10,12,18H,5-6,8-9,11,13-15H2. The molecule has 2 saturated heterocycles. The second kappa shape index (κ2) is 6.95. The number of hydrogen-bond donors (Lipinski definition) is 0. The lowest BCUT2D eigenvalue weighted by atomic mass is 9.76. The van der Waals surface area contributed by atoms with E-state index in [-0.39, 0.29) is 6.10 Å². The summed E-state index contributed by atoms with van der Waals surface area (Å²) in [5.74, 6) is 1.87. The van der Waals surface area contributed by atoms with Crippen molar-refractivity contribution in [1.82, 2.24) is 9.88 Å². The molecule has 0 aromatic carbocycles. The average molecular weight is 328 g/mol. The minimum Gasteiger partial charge on any atom is -0.489 e. The Kier molecular flexibility index (Phi) is 4.54. The monoisotopic (exact) mass is 328 g/mol. The van der Waals surface area contributed by atoms with E-state index in [0.29, 0.717) is 12.0 Å². The molecule has 24 heavy (non-hydrogen) atoms. The molecule has 5 nitrogen and oxygen atoms in total. The van der Waals surface area contributed by atoms with E-state index in [1.165, 1.54) is 12.8 Å². The van der Waals surface area contributed by atoms with Crippen molar-refractivity contribution in [1.29, 1.82) is 0 Å². The van der Waals surface area contributed by atoms with Crippen molar-refractivity contribution in [2.45, 2.75) is 31.9 Å². The summed E-state index contributed by atoms with van der Waals surface area (Å²) in [7, 11) is 0. The molecule has 0 aliphatic carbocycles. The van der Waals surface area contributed by atoms with Crippen LogP contribution in [0.1, 0.15) is 25.0 Å². The fourth-order valence-electron chi connectivity index (χ4n) is 3.78. The van der Waals surface area contributed by atoms with Crippen LogP contribution in [0.3, 0.4) is 0 Å². The summed E-state index contributed by atoms with van der Waals surface area (Å²) in [6, 6.07) is 7.83. The van der Waals surface area contributed by atoms with Gasteiger partial charge in [-0.1, -0.05) is 0 Å². The van der Waals surface area contributed by atoms with Crippen LogP contribution in [0.15, 0.2) is 47.3 Å². The number of nitrogens with zero attached hydrogens (tertiary/aromatic N) is 2. The first-order valence-corrected chi connectivity index (χ1v) is 8.71. The fraction of sp³-hybridized carbons (Fsp3) is 0.526. The Morgan fingerprint density at radius 1 is 1.25 bits per heavy atom. The van der Waals surface area contributed by atoms with Gasteiger partial charge >= 0.3 is 0 Å². The summed E-state index contributed by atoms with van der Waals surface area (Å²) in [5.41, 5.74) is 0.336. The molecule has 1 atom stereocenters. The van der Waals surface area contributed by atoms with E-state index in [2.05, 4.69) is 16.0 Å². The van der Waals surface area contributed by atoms with Gasteiger partial charge in [-0.15, -0.1) is 0 Å². The van der Waals surface area contributed by atoms with Crippen molar-refractivity contribution in [2.24, 2.45) is 5.41 Å². The largest absolute Gasteiger partial charge is 0.489 e. The zero-order valence-electron chi connectivity index (χ0n) is 13.9. The number of ether oxygens (including phenoxy) is 2. The quantitative estimate of drug-likeness (QED) is 0.844. The Balaban J connectivity index is 1.24. The number of rotatable bonds is 5. The van der Waals surface area contributed by atoms with Gasteiger partial charge in [0, 0.05) is 6.20 Å². The van der Waals surface area contributed by atoms with E-state index >= 15 is 0 Å². The van der Waals surface area contributed by atoms with Crippen LogP contribution in [0.5, 0.6) is 5.75 Å². The predicted molar refractivity (Wildman–Crippen MR) is 89.7 cm³/mol. The summed E-state index contributed by atoms with van der Waals surface area (Å²) in [6.45, 7) is 4.62. The lowest BCUT2D eigenvalue weighted by molar-refractivity contribution is 0.0461.